The third-order valence-corrected chi connectivity index (χ3v) is 3.00. The molecule has 0 saturated carbocycles. The van der Waals surface area contributed by atoms with E-state index in [0.29, 0.717) is 11.3 Å². The first-order valence-corrected chi connectivity index (χ1v) is 5.78. The Bertz CT molecular complexity index is 356. The summed E-state index contributed by atoms with van der Waals surface area (Å²) in [6.07, 6.45) is -3.49. The van der Waals surface area contributed by atoms with E-state index in [1.807, 2.05) is 6.92 Å². The van der Waals surface area contributed by atoms with Crippen molar-refractivity contribution in [2.75, 3.05) is 5.75 Å². The molecule has 0 spiro atoms. The summed E-state index contributed by atoms with van der Waals surface area (Å²) in [5.74, 6) is 0.680. The summed E-state index contributed by atoms with van der Waals surface area (Å²) in [4.78, 5) is 11.4. The van der Waals surface area contributed by atoms with Gasteiger partial charge in [-0.05, 0) is 30.7 Å². The SMILES string of the molecule is CCCSC(=O)c1ccc(C(F)(F)F)cc1. The van der Waals surface area contributed by atoms with Crippen LogP contribution in [0.1, 0.15) is 29.3 Å². The van der Waals surface area contributed by atoms with Crippen LogP contribution in [0.4, 0.5) is 13.2 Å². The number of thioether (sulfide) groups is 1. The molecule has 0 bridgehead atoms. The Labute approximate surface area is 96.0 Å². The molecule has 1 rings (SSSR count). The van der Waals surface area contributed by atoms with E-state index in [0.717, 1.165) is 30.3 Å². The maximum absolute atomic E-state index is 12.2. The van der Waals surface area contributed by atoms with E-state index in [-0.39, 0.29) is 5.12 Å². The minimum atomic E-state index is -4.35. The number of hydrogen-bond acceptors (Lipinski definition) is 2. The van der Waals surface area contributed by atoms with Gasteiger partial charge in [-0.1, -0.05) is 18.7 Å². The molecule has 0 fully saturated rings. The van der Waals surface area contributed by atoms with E-state index < -0.39 is 11.7 Å². The van der Waals surface area contributed by atoms with E-state index in [1.54, 1.807) is 0 Å². The highest BCUT2D eigenvalue weighted by Crippen LogP contribution is 2.29. The van der Waals surface area contributed by atoms with Crippen molar-refractivity contribution in [1.29, 1.82) is 0 Å². The molecule has 0 aromatic heterocycles. The second-order valence-electron chi connectivity index (χ2n) is 3.21. The van der Waals surface area contributed by atoms with Crippen LogP contribution in [0.15, 0.2) is 24.3 Å². The fourth-order valence-corrected chi connectivity index (χ4v) is 1.77. The van der Waals surface area contributed by atoms with Gasteiger partial charge in [-0.2, -0.15) is 13.2 Å². The monoisotopic (exact) mass is 248 g/mol. The van der Waals surface area contributed by atoms with Gasteiger partial charge in [0.25, 0.3) is 0 Å². The molecule has 0 radical (unpaired) electrons. The zero-order chi connectivity index (χ0) is 12.2. The number of halogens is 3. The maximum Gasteiger partial charge on any atom is 0.416 e. The first-order chi connectivity index (χ1) is 7.45. The molecule has 0 heterocycles. The standard InChI is InChI=1S/C11H11F3OS/c1-2-7-16-10(15)8-3-5-9(6-4-8)11(12,13)14/h3-6H,2,7H2,1H3. The second kappa shape index (κ2) is 5.39. The Morgan fingerprint density at radius 1 is 1.25 bits per heavy atom. The van der Waals surface area contributed by atoms with Gasteiger partial charge in [-0.25, -0.2) is 0 Å². The largest absolute Gasteiger partial charge is 0.416 e. The highest BCUT2D eigenvalue weighted by molar-refractivity contribution is 8.14. The van der Waals surface area contributed by atoms with Crippen LogP contribution >= 0.6 is 11.8 Å². The Balaban J connectivity index is 2.75. The minimum absolute atomic E-state index is 0.185. The van der Waals surface area contributed by atoms with E-state index >= 15 is 0 Å². The van der Waals surface area contributed by atoms with Gasteiger partial charge in [0, 0.05) is 11.3 Å². The predicted molar refractivity (Wildman–Crippen MR) is 58.5 cm³/mol. The van der Waals surface area contributed by atoms with E-state index in [4.69, 9.17) is 0 Å². The van der Waals surface area contributed by atoms with Gasteiger partial charge >= 0.3 is 6.18 Å². The molecule has 0 N–H and O–H groups in total. The lowest BCUT2D eigenvalue weighted by molar-refractivity contribution is -0.137. The molecule has 0 amide bonds. The number of alkyl halides is 3. The molecule has 1 aromatic rings. The minimum Gasteiger partial charge on any atom is -0.282 e. The zero-order valence-electron chi connectivity index (χ0n) is 8.67. The zero-order valence-corrected chi connectivity index (χ0v) is 9.49. The van der Waals surface area contributed by atoms with Crippen molar-refractivity contribution in [2.24, 2.45) is 0 Å². The summed E-state index contributed by atoms with van der Waals surface area (Å²) in [6.45, 7) is 1.94. The first-order valence-electron chi connectivity index (χ1n) is 4.79. The quantitative estimate of drug-likeness (QED) is 0.804. The summed E-state index contributed by atoms with van der Waals surface area (Å²) < 4.78 is 36.7. The Morgan fingerprint density at radius 3 is 2.25 bits per heavy atom. The Morgan fingerprint density at radius 2 is 1.81 bits per heavy atom. The lowest BCUT2D eigenvalue weighted by atomic mass is 10.1. The third kappa shape index (κ3) is 3.56. The maximum atomic E-state index is 12.2. The molecular weight excluding hydrogens is 237 g/mol. The van der Waals surface area contributed by atoms with Gasteiger partial charge < -0.3 is 0 Å². The lowest BCUT2D eigenvalue weighted by Crippen LogP contribution is -2.05. The summed E-state index contributed by atoms with van der Waals surface area (Å²) in [6, 6.07) is 4.29. The van der Waals surface area contributed by atoms with Crippen LogP contribution in [0, 0.1) is 0 Å². The predicted octanol–water partition coefficient (Wildman–Crippen LogP) is 3.99. The Hall–Kier alpha value is -0.970. The fraction of sp³-hybridized carbons (Fsp3) is 0.364. The van der Waals surface area contributed by atoms with Crippen molar-refractivity contribution >= 4 is 16.9 Å². The van der Waals surface area contributed by atoms with Crippen LogP contribution in [-0.4, -0.2) is 10.9 Å². The molecule has 0 atom stereocenters. The average Bonchev–Trinajstić information content (AvgIpc) is 2.25. The molecule has 88 valence electrons. The van der Waals surface area contributed by atoms with Crippen LogP contribution < -0.4 is 0 Å². The number of rotatable bonds is 3. The Kier molecular flexibility index (Phi) is 4.41. The second-order valence-corrected chi connectivity index (χ2v) is 4.28. The van der Waals surface area contributed by atoms with Gasteiger partial charge in [0.1, 0.15) is 0 Å². The number of benzene rings is 1. The van der Waals surface area contributed by atoms with Crippen molar-refractivity contribution in [1.82, 2.24) is 0 Å². The molecule has 0 saturated heterocycles. The van der Waals surface area contributed by atoms with Gasteiger partial charge in [-0.15, -0.1) is 0 Å². The third-order valence-electron chi connectivity index (χ3n) is 1.89. The number of carbonyl (C=O) groups is 1. The number of hydrogen-bond donors (Lipinski definition) is 0. The molecule has 5 heteroatoms. The summed E-state index contributed by atoms with van der Waals surface area (Å²) >= 11 is 1.12. The summed E-state index contributed by atoms with van der Waals surface area (Å²) in [7, 11) is 0. The van der Waals surface area contributed by atoms with Gasteiger partial charge in [-0.3, -0.25) is 4.79 Å². The molecule has 0 aliphatic heterocycles. The number of carbonyl (C=O) groups excluding carboxylic acids is 1. The van der Waals surface area contributed by atoms with E-state index in [1.165, 1.54) is 12.1 Å². The van der Waals surface area contributed by atoms with Crippen molar-refractivity contribution in [3.63, 3.8) is 0 Å². The van der Waals surface area contributed by atoms with Gasteiger partial charge in [0.05, 0.1) is 5.56 Å². The average molecular weight is 248 g/mol. The smallest absolute Gasteiger partial charge is 0.282 e. The van der Waals surface area contributed by atoms with E-state index in [2.05, 4.69) is 0 Å². The van der Waals surface area contributed by atoms with Crippen LogP contribution in [0.5, 0.6) is 0 Å². The van der Waals surface area contributed by atoms with Crippen LogP contribution in [0.2, 0.25) is 0 Å². The normalized spacial score (nSPS) is 11.5. The van der Waals surface area contributed by atoms with Crippen LogP contribution in [0.3, 0.4) is 0 Å². The van der Waals surface area contributed by atoms with E-state index in [9.17, 15) is 18.0 Å². The molecular formula is C11H11F3OS. The van der Waals surface area contributed by atoms with Crippen molar-refractivity contribution in [3.05, 3.63) is 35.4 Å². The van der Waals surface area contributed by atoms with Crippen molar-refractivity contribution < 1.29 is 18.0 Å². The fourth-order valence-electron chi connectivity index (χ4n) is 1.07. The van der Waals surface area contributed by atoms with Crippen LogP contribution in [0.25, 0.3) is 0 Å². The summed E-state index contributed by atoms with van der Waals surface area (Å²) in [5.41, 5.74) is -0.420. The highest BCUT2D eigenvalue weighted by atomic mass is 32.2. The topological polar surface area (TPSA) is 17.1 Å². The molecule has 0 aliphatic rings. The first kappa shape index (κ1) is 13.1. The molecule has 1 nitrogen and oxygen atoms in total. The van der Waals surface area contributed by atoms with Crippen LogP contribution in [-0.2, 0) is 6.18 Å². The van der Waals surface area contributed by atoms with Gasteiger partial charge in [0.15, 0.2) is 0 Å². The molecule has 0 unspecified atom stereocenters. The highest BCUT2D eigenvalue weighted by Gasteiger charge is 2.30. The summed E-state index contributed by atoms with van der Waals surface area (Å²) in [5, 5.41) is -0.185. The van der Waals surface area contributed by atoms with Crippen molar-refractivity contribution in [2.45, 2.75) is 19.5 Å². The lowest BCUT2D eigenvalue weighted by Gasteiger charge is -2.06. The molecule has 0 aliphatic carbocycles. The molecule has 1 aromatic carbocycles. The van der Waals surface area contributed by atoms with Crippen molar-refractivity contribution in [3.8, 4) is 0 Å². The van der Waals surface area contributed by atoms with Gasteiger partial charge in [0.2, 0.25) is 5.12 Å². The molecule has 16 heavy (non-hydrogen) atoms.